The summed E-state index contributed by atoms with van der Waals surface area (Å²) in [4.78, 5) is 4.25. The lowest BCUT2D eigenvalue weighted by Crippen LogP contribution is -2.05. The first-order valence-corrected chi connectivity index (χ1v) is 6.72. The second-order valence-corrected chi connectivity index (χ2v) is 5.45. The molecule has 0 saturated heterocycles. The first-order chi connectivity index (χ1) is 9.04. The van der Waals surface area contributed by atoms with Gasteiger partial charge in [-0.1, -0.05) is 0 Å². The van der Waals surface area contributed by atoms with Crippen molar-refractivity contribution in [1.82, 2.24) is 19.3 Å². The summed E-state index contributed by atoms with van der Waals surface area (Å²) in [7, 11) is 1.85. The fourth-order valence-electron chi connectivity index (χ4n) is 2.01. The van der Waals surface area contributed by atoms with Crippen molar-refractivity contribution in [1.29, 1.82) is 0 Å². The van der Waals surface area contributed by atoms with Crippen molar-refractivity contribution in [2.24, 2.45) is 7.05 Å². The van der Waals surface area contributed by atoms with Gasteiger partial charge >= 0.3 is 0 Å². The summed E-state index contributed by atoms with van der Waals surface area (Å²) >= 11 is 1.94. The second-order valence-electron chi connectivity index (χ2n) is 4.29. The molecule has 0 unspecified atom stereocenters. The van der Waals surface area contributed by atoms with Crippen molar-refractivity contribution in [2.45, 2.75) is 6.54 Å². The maximum atomic E-state index is 13.7. The highest BCUT2D eigenvalue weighted by atomic mass is 127. The minimum atomic E-state index is -0.268. The number of aromatic nitrogens is 4. The van der Waals surface area contributed by atoms with Gasteiger partial charge in [0.15, 0.2) is 0 Å². The van der Waals surface area contributed by atoms with E-state index >= 15 is 0 Å². The van der Waals surface area contributed by atoms with Gasteiger partial charge in [0.1, 0.15) is 5.82 Å². The van der Waals surface area contributed by atoms with Crippen molar-refractivity contribution in [2.75, 3.05) is 5.73 Å². The third-order valence-corrected chi connectivity index (χ3v) is 3.74. The second kappa shape index (κ2) is 4.48. The van der Waals surface area contributed by atoms with Crippen LogP contribution in [0, 0.1) is 9.39 Å². The quantitative estimate of drug-likeness (QED) is 0.703. The summed E-state index contributed by atoms with van der Waals surface area (Å²) < 4.78 is 17.7. The van der Waals surface area contributed by atoms with E-state index in [4.69, 9.17) is 5.73 Å². The SMILES string of the molecule is Cn1ccc(Cn2c(N)nc3cc(I)c(F)cc32)n1. The van der Waals surface area contributed by atoms with Crippen molar-refractivity contribution < 1.29 is 4.39 Å². The Bertz CT molecular complexity index is 761. The first kappa shape index (κ1) is 12.4. The lowest BCUT2D eigenvalue weighted by atomic mass is 10.3. The van der Waals surface area contributed by atoms with Crippen LogP contribution in [0.25, 0.3) is 11.0 Å². The molecule has 0 aliphatic carbocycles. The molecule has 19 heavy (non-hydrogen) atoms. The number of benzene rings is 1. The van der Waals surface area contributed by atoms with Crippen LogP contribution in [0.3, 0.4) is 0 Å². The van der Waals surface area contributed by atoms with E-state index in [0.717, 1.165) is 5.69 Å². The Morgan fingerprint density at radius 3 is 2.89 bits per heavy atom. The maximum absolute atomic E-state index is 13.7. The minimum Gasteiger partial charge on any atom is -0.369 e. The van der Waals surface area contributed by atoms with Crippen LogP contribution in [0.1, 0.15) is 5.69 Å². The molecule has 0 radical (unpaired) electrons. The van der Waals surface area contributed by atoms with Gasteiger partial charge in [-0.2, -0.15) is 5.10 Å². The van der Waals surface area contributed by atoms with Crippen molar-refractivity contribution in [3.05, 3.63) is 39.5 Å². The van der Waals surface area contributed by atoms with Crippen LogP contribution >= 0.6 is 22.6 Å². The molecular weight excluding hydrogens is 360 g/mol. The summed E-state index contributed by atoms with van der Waals surface area (Å²) in [5.41, 5.74) is 8.13. The van der Waals surface area contributed by atoms with Gasteiger partial charge in [0, 0.05) is 19.3 Å². The highest BCUT2D eigenvalue weighted by molar-refractivity contribution is 14.1. The number of nitrogen functional groups attached to an aromatic ring is 1. The zero-order valence-corrected chi connectivity index (χ0v) is 12.3. The number of fused-ring (bicyclic) bond motifs is 1. The standard InChI is InChI=1S/C12H11FIN5/c1-18-3-2-7(17-18)6-19-11-4-8(13)9(14)5-10(11)16-12(19)15/h2-5H,6H2,1H3,(H2,15,16). The lowest BCUT2D eigenvalue weighted by Gasteiger charge is -2.04. The van der Waals surface area contributed by atoms with Gasteiger partial charge in [-0.25, -0.2) is 9.37 Å². The number of nitrogens with two attached hydrogens (primary N) is 1. The van der Waals surface area contributed by atoms with E-state index in [1.54, 1.807) is 15.3 Å². The monoisotopic (exact) mass is 371 g/mol. The predicted molar refractivity (Wildman–Crippen MR) is 79.1 cm³/mol. The van der Waals surface area contributed by atoms with Crippen LogP contribution in [0.4, 0.5) is 10.3 Å². The number of nitrogens with zero attached hydrogens (tertiary/aromatic N) is 4. The van der Waals surface area contributed by atoms with Crippen molar-refractivity contribution in [3.63, 3.8) is 0 Å². The van der Waals surface area contributed by atoms with Gasteiger partial charge in [0.25, 0.3) is 0 Å². The summed E-state index contributed by atoms with van der Waals surface area (Å²) in [6.07, 6.45) is 1.86. The summed E-state index contributed by atoms with van der Waals surface area (Å²) in [6, 6.07) is 5.05. The van der Waals surface area contributed by atoms with E-state index in [9.17, 15) is 4.39 Å². The van der Waals surface area contributed by atoms with E-state index in [0.29, 0.717) is 27.1 Å². The maximum Gasteiger partial charge on any atom is 0.201 e. The average molecular weight is 371 g/mol. The number of anilines is 1. The molecule has 0 bridgehead atoms. The molecule has 1 aromatic carbocycles. The summed E-state index contributed by atoms with van der Waals surface area (Å²) in [5.74, 6) is 0.0947. The molecule has 0 aliphatic heterocycles. The molecule has 5 nitrogen and oxygen atoms in total. The lowest BCUT2D eigenvalue weighted by molar-refractivity contribution is 0.621. The molecule has 7 heteroatoms. The topological polar surface area (TPSA) is 61.7 Å². The molecule has 0 aliphatic rings. The Morgan fingerprint density at radius 2 is 2.21 bits per heavy atom. The largest absolute Gasteiger partial charge is 0.369 e. The van der Waals surface area contributed by atoms with Crippen molar-refractivity contribution >= 4 is 39.6 Å². The van der Waals surface area contributed by atoms with Gasteiger partial charge in [-0.05, 0) is 34.7 Å². The third kappa shape index (κ3) is 2.18. The Kier molecular flexibility index (Phi) is 2.92. The molecule has 2 heterocycles. The molecule has 0 atom stereocenters. The van der Waals surface area contributed by atoms with Crippen LogP contribution in [0.15, 0.2) is 24.4 Å². The number of hydrogen-bond donors (Lipinski definition) is 1. The Labute approximate surface area is 122 Å². The van der Waals surface area contributed by atoms with Gasteiger partial charge in [-0.15, -0.1) is 0 Å². The van der Waals surface area contributed by atoms with Gasteiger partial charge in [-0.3, -0.25) is 4.68 Å². The molecule has 0 saturated carbocycles. The van der Waals surface area contributed by atoms with E-state index < -0.39 is 0 Å². The zero-order chi connectivity index (χ0) is 13.6. The normalized spacial score (nSPS) is 11.3. The van der Waals surface area contributed by atoms with Crippen LogP contribution in [-0.2, 0) is 13.6 Å². The molecule has 2 N–H and O–H groups in total. The summed E-state index contributed by atoms with van der Waals surface area (Å²) in [5, 5.41) is 4.29. The van der Waals surface area contributed by atoms with Crippen LogP contribution in [0.5, 0.6) is 0 Å². The number of aryl methyl sites for hydroxylation is 1. The number of imidazole rings is 1. The van der Waals surface area contributed by atoms with E-state index in [1.807, 2.05) is 41.9 Å². The number of halogens is 2. The first-order valence-electron chi connectivity index (χ1n) is 5.64. The number of hydrogen-bond acceptors (Lipinski definition) is 3. The number of rotatable bonds is 2. The molecule has 2 aromatic heterocycles. The van der Waals surface area contributed by atoms with Crippen LogP contribution < -0.4 is 5.73 Å². The zero-order valence-electron chi connectivity index (χ0n) is 10.1. The molecule has 0 spiro atoms. The Balaban J connectivity index is 2.12. The van der Waals surface area contributed by atoms with E-state index in [1.165, 1.54) is 6.07 Å². The fraction of sp³-hybridized carbons (Fsp3) is 0.167. The third-order valence-electron chi connectivity index (χ3n) is 2.91. The van der Waals surface area contributed by atoms with Gasteiger partial charge < -0.3 is 10.3 Å². The Hall–Kier alpha value is -1.64. The minimum absolute atomic E-state index is 0.268. The summed E-state index contributed by atoms with van der Waals surface area (Å²) in [6.45, 7) is 0.475. The fourth-order valence-corrected chi connectivity index (χ4v) is 2.47. The predicted octanol–water partition coefficient (Wildman–Crippen LogP) is 2.14. The van der Waals surface area contributed by atoms with Crippen molar-refractivity contribution in [3.8, 4) is 0 Å². The molecule has 3 rings (SSSR count). The van der Waals surface area contributed by atoms with E-state index in [-0.39, 0.29) is 5.82 Å². The smallest absolute Gasteiger partial charge is 0.201 e. The van der Waals surface area contributed by atoms with Gasteiger partial charge in [0.2, 0.25) is 5.95 Å². The highest BCUT2D eigenvalue weighted by Gasteiger charge is 2.12. The van der Waals surface area contributed by atoms with Gasteiger partial charge in [0.05, 0.1) is 26.8 Å². The molecule has 0 fully saturated rings. The molecule has 0 amide bonds. The van der Waals surface area contributed by atoms with E-state index in [2.05, 4.69) is 10.1 Å². The molecule has 98 valence electrons. The molecule has 3 aromatic rings. The van der Waals surface area contributed by atoms with Crippen LogP contribution in [0.2, 0.25) is 0 Å². The average Bonchev–Trinajstić information content (AvgIpc) is 2.87. The highest BCUT2D eigenvalue weighted by Crippen LogP contribution is 2.23. The van der Waals surface area contributed by atoms with Crippen LogP contribution in [-0.4, -0.2) is 19.3 Å². The Morgan fingerprint density at radius 1 is 1.42 bits per heavy atom. The molecular formula is C12H11FIN5.